The van der Waals surface area contributed by atoms with Crippen LogP contribution in [0.3, 0.4) is 0 Å². The van der Waals surface area contributed by atoms with Gasteiger partial charge in [-0.25, -0.2) is 0 Å². The van der Waals surface area contributed by atoms with Crippen LogP contribution >= 0.6 is 0 Å². The lowest BCUT2D eigenvalue weighted by Crippen LogP contribution is -2.33. The Labute approximate surface area is 210 Å². The molecule has 3 aromatic heterocycles. The monoisotopic (exact) mass is 492 g/mol. The number of halogens is 1. The summed E-state index contributed by atoms with van der Waals surface area (Å²) in [7, 11) is 2.01. The van der Waals surface area contributed by atoms with Crippen molar-refractivity contribution in [3.63, 3.8) is 0 Å². The lowest BCUT2D eigenvalue weighted by atomic mass is 10.1. The second-order valence-electron chi connectivity index (χ2n) is 9.93. The third-order valence-corrected chi connectivity index (χ3v) is 6.92. The summed E-state index contributed by atoms with van der Waals surface area (Å²) < 4.78 is 20.4. The van der Waals surface area contributed by atoms with E-state index in [0.29, 0.717) is 35.5 Å². The Hall–Kier alpha value is -3.36. The van der Waals surface area contributed by atoms with E-state index in [1.165, 1.54) is 24.2 Å². The number of anilines is 1. The molecule has 1 amide bonds. The minimum Gasteiger partial charge on any atom is -0.334 e. The molecule has 0 bridgehead atoms. The molecule has 5 rings (SSSR count). The fraction of sp³-hybridized carbons (Fsp3) is 0.519. The second-order valence-corrected chi connectivity index (χ2v) is 9.93. The van der Waals surface area contributed by atoms with E-state index in [1.807, 2.05) is 17.8 Å². The van der Waals surface area contributed by atoms with Crippen LogP contribution in [0.2, 0.25) is 0 Å². The standard InChI is InChI=1S/C27H33FN6O2/c1-18(11-12-28)27(35)34(13-5-3-4-6-22-15-24(19-7-8-19)31-33(22)2)23-14-21(16-29-17-23)26-30-25(32-36-26)20-9-10-20/h14-17,19-20H,1,3-13H2,2H3. The van der Waals surface area contributed by atoms with Gasteiger partial charge < -0.3 is 9.42 Å². The number of hydrogen-bond donors (Lipinski definition) is 0. The van der Waals surface area contributed by atoms with Gasteiger partial charge in [-0.3, -0.25) is 18.9 Å². The Balaban J connectivity index is 1.23. The number of amides is 1. The molecule has 0 N–H and O–H groups in total. The van der Waals surface area contributed by atoms with Gasteiger partial charge in [0, 0.05) is 49.3 Å². The van der Waals surface area contributed by atoms with Crippen LogP contribution in [0, 0.1) is 0 Å². The summed E-state index contributed by atoms with van der Waals surface area (Å²) in [5.74, 6) is 1.86. The number of nitrogens with zero attached hydrogens (tertiary/aromatic N) is 6. The Bertz CT molecular complexity index is 1230. The van der Waals surface area contributed by atoms with E-state index < -0.39 is 6.67 Å². The molecule has 0 saturated heterocycles. The zero-order valence-corrected chi connectivity index (χ0v) is 20.8. The number of pyridine rings is 1. The summed E-state index contributed by atoms with van der Waals surface area (Å²) in [6, 6.07) is 4.06. The first-order valence-electron chi connectivity index (χ1n) is 12.9. The SMILES string of the molecule is C=C(CCF)C(=O)N(CCCCCc1cc(C2CC2)nn1C)c1cncc(-c2nc(C3CC3)no2)c1. The van der Waals surface area contributed by atoms with Crippen LogP contribution in [0.1, 0.15) is 80.4 Å². The molecule has 0 aliphatic heterocycles. The predicted octanol–water partition coefficient (Wildman–Crippen LogP) is 5.28. The summed E-state index contributed by atoms with van der Waals surface area (Å²) in [6.07, 6.45) is 11.7. The van der Waals surface area contributed by atoms with Crippen molar-refractivity contribution in [3.05, 3.63) is 53.9 Å². The van der Waals surface area contributed by atoms with E-state index >= 15 is 0 Å². The van der Waals surface area contributed by atoms with Crippen LogP contribution in [0.25, 0.3) is 11.5 Å². The summed E-state index contributed by atoms with van der Waals surface area (Å²) in [5.41, 5.74) is 3.99. The molecule has 2 aliphatic carbocycles. The number of hydrogen-bond acceptors (Lipinski definition) is 6. The van der Waals surface area contributed by atoms with Crippen molar-refractivity contribution in [2.75, 3.05) is 18.1 Å². The molecule has 9 heteroatoms. The lowest BCUT2D eigenvalue weighted by molar-refractivity contribution is -0.115. The first kappa shape index (κ1) is 24.3. The van der Waals surface area contributed by atoms with Crippen molar-refractivity contribution in [2.45, 2.75) is 69.6 Å². The number of aryl methyl sites for hydroxylation is 2. The van der Waals surface area contributed by atoms with Gasteiger partial charge in [-0.2, -0.15) is 10.1 Å². The largest absolute Gasteiger partial charge is 0.334 e. The highest BCUT2D eigenvalue weighted by Gasteiger charge is 2.29. The molecule has 2 fully saturated rings. The van der Waals surface area contributed by atoms with Gasteiger partial charge in [-0.1, -0.05) is 18.2 Å². The highest BCUT2D eigenvalue weighted by molar-refractivity contribution is 6.05. The van der Waals surface area contributed by atoms with Gasteiger partial charge in [0.05, 0.1) is 29.8 Å². The molecule has 0 aromatic carbocycles. The number of rotatable bonds is 13. The van der Waals surface area contributed by atoms with Crippen molar-refractivity contribution in [3.8, 4) is 11.5 Å². The van der Waals surface area contributed by atoms with Crippen LogP contribution < -0.4 is 4.90 Å². The smallest absolute Gasteiger partial charge is 0.259 e. The topological polar surface area (TPSA) is 89.9 Å². The highest BCUT2D eigenvalue weighted by Crippen LogP contribution is 2.40. The Kier molecular flexibility index (Phi) is 7.25. The van der Waals surface area contributed by atoms with E-state index in [9.17, 15) is 9.18 Å². The Morgan fingerprint density at radius 2 is 1.97 bits per heavy atom. The fourth-order valence-electron chi connectivity index (χ4n) is 4.41. The summed E-state index contributed by atoms with van der Waals surface area (Å²) >= 11 is 0. The molecule has 36 heavy (non-hydrogen) atoms. The zero-order chi connectivity index (χ0) is 25.1. The van der Waals surface area contributed by atoms with E-state index in [1.54, 1.807) is 17.3 Å². The number of aromatic nitrogens is 5. The Morgan fingerprint density at radius 3 is 2.72 bits per heavy atom. The van der Waals surface area contributed by atoms with Gasteiger partial charge >= 0.3 is 0 Å². The Morgan fingerprint density at radius 1 is 1.17 bits per heavy atom. The summed E-state index contributed by atoms with van der Waals surface area (Å²) in [6.45, 7) is 3.69. The molecule has 8 nitrogen and oxygen atoms in total. The van der Waals surface area contributed by atoms with Gasteiger partial charge in [-0.15, -0.1) is 0 Å². The number of alkyl halides is 1. The van der Waals surface area contributed by atoms with E-state index in [0.717, 1.165) is 44.3 Å². The van der Waals surface area contributed by atoms with Gasteiger partial charge in [0.15, 0.2) is 5.82 Å². The quantitative estimate of drug-likeness (QED) is 0.238. The average Bonchev–Trinajstić information content (AvgIpc) is 3.82. The molecule has 190 valence electrons. The van der Waals surface area contributed by atoms with E-state index in [4.69, 9.17) is 4.52 Å². The van der Waals surface area contributed by atoms with Crippen molar-refractivity contribution in [1.82, 2.24) is 24.9 Å². The highest BCUT2D eigenvalue weighted by atomic mass is 19.1. The molecular weight excluding hydrogens is 459 g/mol. The normalized spacial score (nSPS) is 15.3. The van der Waals surface area contributed by atoms with Gasteiger partial charge in [0.25, 0.3) is 11.8 Å². The van der Waals surface area contributed by atoms with Crippen molar-refractivity contribution in [2.24, 2.45) is 7.05 Å². The molecule has 0 radical (unpaired) electrons. The van der Waals surface area contributed by atoms with E-state index in [-0.39, 0.29) is 17.9 Å². The third kappa shape index (κ3) is 5.71. The molecule has 0 atom stereocenters. The molecule has 2 saturated carbocycles. The predicted molar refractivity (Wildman–Crippen MR) is 134 cm³/mol. The van der Waals surface area contributed by atoms with Crippen LogP contribution in [0.15, 0.2) is 41.2 Å². The maximum absolute atomic E-state index is 13.2. The number of carbonyl (C=O) groups is 1. The first-order valence-corrected chi connectivity index (χ1v) is 12.9. The summed E-state index contributed by atoms with van der Waals surface area (Å²) in [4.78, 5) is 23.6. The molecule has 0 unspecified atom stereocenters. The van der Waals surface area contributed by atoms with Crippen molar-refractivity contribution >= 4 is 11.6 Å². The molecule has 3 aromatic rings. The molecule has 2 aliphatic rings. The van der Waals surface area contributed by atoms with Crippen LogP contribution in [0.5, 0.6) is 0 Å². The van der Waals surface area contributed by atoms with Gasteiger partial charge in [-0.05, 0) is 57.1 Å². The zero-order valence-electron chi connectivity index (χ0n) is 20.8. The van der Waals surface area contributed by atoms with Crippen molar-refractivity contribution in [1.29, 1.82) is 0 Å². The summed E-state index contributed by atoms with van der Waals surface area (Å²) in [5, 5.41) is 8.72. The van der Waals surface area contributed by atoms with Gasteiger partial charge in [0.1, 0.15) is 0 Å². The number of unbranched alkanes of at least 4 members (excludes halogenated alkanes) is 2. The fourth-order valence-corrected chi connectivity index (χ4v) is 4.41. The lowest BCUT2D eigenvalue weighted by Gasteiger charge is -2.23. The van der Waals surface area contributed by atoms with Crippen LogP contribution in [0.4, 0.5) is 10.1 Å². The van der Waals surface area contributed by atoms with E-state index in [2.05, 4.69) is 32.9 Å². The van der Waals surface area contributed by atoms with Gasteiger partial charge in [0.2, 0.25) is 0 Å². The molecule has 0 spiro atoms. The molecule has 3 heterocycles. The molecular formula is C27H33FN6O2. The van der Waals surface area contributed by atoms with Crippen LogP contribution in [-0.2, 0) is 18.3 Å². The minimum atomic E-state index is -0.615. The number of carbonyl (C=O) groups excluding carboxylic acids is 1. The maximum atomic E-state index is 13.2. The first-order chi connectivity index (χ1) is 17.5. The average molecular weight is 493 g/mol. The minimum absolute atomic E-state index is 0.0146. The second kappa shape index (κ2) is 10.7. The maximum Gasteiger partial charge on any atom is 0.259 e. The third-order valence-electron chi connectivity index (χ3n) is 6.92. The van der Waals surface area contributed by atoms with Crippen LogP contribution in [-0.4, -0.2) is 44.0 Å². The van der Waals surface area contributed by atoms with Crippen molar-refractivity contribution < 1.29 is 13.7 Å².